The lowest BCUT2D eigenvalue weighted by Crippen LogP contribution is -2.36. The topological polar surface area (TPSA) is 58.9 Å². The van der Waals surface area contributed by atoms with Crippen LogP contribution in [0.25, 0.3) is 0 Å². The van der Waals surface area contributed by atoms with Crippen molar-refractivity contribution in [1.82, 2.24) is 0 Å². The van der Waals surface area contributed by atoms with Crippen LogP contribution in [0.2, 0.25) is 0 Å². The van der Waals surface area contributed by atoms with E-state index in [-0.39, 0.29) is 35.5 Å². The largest absolute Gasteiger partial charge is 0.508 e. The van der Waals surface area contributed by atoms with E-state index in [2.05, 4.69) is 0 Å². The van der Waals surface area contributed by atoms with Crippen molar-refractivity contribution < 1.29 is 41.6 Å². The standard InChI is InChI=1S/C27H33F5O4S2/c28-26(29,27(30,31)32)10-2-15-37-16-14-36-13-12-35-11-1-3-22-23-9-8-21(34)17-25(23)38-18-24(22)19-4-6-20(33)7-5-19/h4-9,17,22,24,33-34H,1-3,10-16,18H2. The summed E-state index contributed by atoms with van der Waals surface area (Å²) in [5.74, 6) is -1.99. The number of phenolic OH excluding ortho intramolecular Hbond substituents is 2. The van der Waals surface area contributed by atoms with Gasteiger partial charge in [0.25, 0.3) is 0 Å². The Morgan fingerprint density at radius 1 is 0.842 bits per heavy atom. The van der Waals surface area contributed by atoms with Gasteiger partial charge >= 0.3 is 12.1 Å². The number of phenols is 2. The van der Waals surface area contributed by atoms with Crippen molar-refractivity contribution in [2.75, 3.05) is 43.7 Å². The first-order chi connectivity index (χ1) is 18.1. The third kappa shape index (κ3) is 9.20. The van der Waals surface area contributed by atoms with E-state index in [1.54, 1.807) is 30.0 Å². The molecule has 2 aromatic carbocycles. The van der Waals surface area contributed by atoms with Crippen molar-refractivity contribution in [3.8, 4) is 11.5 Å². The molecule has 2 N–H and O–H groups in total. The van der Waals surface area contributed by atoms with Crippen LogP contribution in [0.3, 0.4) is 0 Å². The lowest BCUT2D eigenvalue weighted by Gasteiger charge is -2.34. The van der Waals surface area contributed by atoms with Crippen molar-refractivity contribution in [3.63, 3.8) is 0 Å². The molecule has 0 spiro atoms. The highest BCUT2D eigenvalue weighted by Crippen LogP contribution is 2.48. The molecule has 0 bridgehead atoms. The van der Waals surface area contributed by atoms with E-state index in [4.69, 9.17) is 9.47 Å². The maximum absolute atomic E-state index is 12.8. The summed E-state index contributed by atoms with van der Waals surface area (Å²) < 4.78 is 73.2. The van der Waals surface area contributed by atoms with Crippen LogP contribution in [-0.2, 0) is 9.47 Å². The van der Waals surface area contributed by atoms with E-state index < -0.39 is 18.5 Å². The van der Waals surface area contributed by atoms with Crippen LogP contribution in [0.5, 0.6) is 11.5 Å². The van der Waals surface area contributed by atoms with Gasteiger partial charge in [-0.15, -0.1) is 11.8 Å². The van der Waals surface area contributed by atoms with Crippen LogP contribution in [-0.4, -0.2) is 66.0 Å². The number of rotatable bonds is 15. The predicted molar refractivity (Wildman–Crippen MR) is 141 cm³/mol. The molecule has 4 nitrogen and oxygen atoms in total. The second-order valence-corrected chi connectivity index (χ2v) is 11.4. The molecular formula is C27H33F5O4S2. The lowest BCUT2D eigenvalue weighted by molar-refractivity contribution is -0.284. The third-order valence-electron chi connectivity index (χ3n) is 6.36. The first-order valence-electron chi connectivity index (χ1n) is 12.5. The zero-order chi connectivity index (χ0) is 27.6. The molecule has 3 rings (SSSR count). The molecule has 1 heterocycles. The lowest BCUT2D eigenvalue weighted by atomic mass is 9.79. The Morgan fingerprint density at radius 3 is 2.24 bits per heavy atom. The maximum atomic E-state index is 12.8. The average molecular weight is 581 g/mol. The predicted octanol–water partition coefficient (Wildman–Crippen LogP) is 7.60. The Labute approximate surface area is 228 Å². The molecule has 0 aliphatic carbocycles. The van der Waals surface area contributed by atoms with E-state index >= 15 is 0 Å². The number of benzene rings is 2. The Kier molecular flexibility index (Phi) is 11.9. The fourth-order valence-corrected chi connectivity index (χ4v) is 6.52. The van der Waals surface area contributed by atoms with Crippen LogP contribution in [0, 0.1) is 0 Å². The van der Waals surface area contributed by atoms with E-state index in [1.807, 2.05) is 24.3 Å². The monoisotopic (exact) mass is 580 g/mol. The van der Waals surface area contributed by atoms with Gasteiger partial charge in [-0.3, -0.25) is 0 Å². The fourth-order valence-electron chi connectivity index (χ4n) is 4.36. The summed E-state index contributed by atoms with van der Waals surface area (Å²) in [7, 11) is 0. The van der Waals surface area contributed by atoms with Crippen molar-refractivity contribution in [2.45, 2.75) is 54.5 Å². The van der Waals surface area contributed by atoms with Gasteiger partial charge in [0.2, 0.25) is 0 Å². The van der Waals surface area contributed by atoms with Gasteiger partial charge in [-0.2, -0.15) is 33.7 Å². The molecule has 0 fully saturated rings. The van der Waals surface area contributed by atoms with Crippen LogP contribution >= 0.6 is 23.5 Å². The molecule has 0 saturated carbocycles. The van der Waals surface area contributed by atoms with Crippen molar-refractivity contribution in [1.29, 1.82) is 0 Å². The molecule has 0 aromatic heterocycles. The summed E-state index contributed by atoms with van der Waals surface area (Å²) in [6, 6.07) is 12.9. The maximum Gasteiger partial charge on any atom is 0.453 e. The Morgan fingerprint density at radius 2 is 1.53 bits per heavy atom. The minimum Gasteiger partial charge on any atom is -0.508 e. The van der Waals surface area contributed by atoms with Gasteiger partial charge in [-0.1, -0.05) is 18.2 Å². The van der Waals surface area contributed by atoms with Crippen molar-refractivity contribution in [2.24, 2.45) is 0 Å². The van der Waals surface area contributed by atoms with Gasteiger partial charge in [0, 0.05) is 35.3 Å². The number of alkyl halides is 5. The zero-order valence-electron chi connectivity index (χ0n) is 20.9. The van der Waals surface area contributed by atoms with E-state index in [9.17, 15) is 32.2 Å². The smallest absolute Gasteiger partial charge is 0.453 e. The summed E-state index contributed by atoms with van der Waals surface area (Å²) >= 11 is 3.02. The summed E-state index contributed by atoms with van der Waals surface area (Å²) in [6.45, 7) is 1.73. The second kappa shape index (κ2) is 14.6. The van der Waals surface area contributed by atoms with Crippen LogP contribution < -0.4 is 0 Å². The number of thioether (sulfide) groups is 2. The summed E-state index contributed by atoms with van der Waals surface area (Å²) in [4.78, 5) is 1.09. The first kappa shape index (κ1) is 30.8. The minimum absolute atomic E-state index is 0.209. The third-order valence-corrected chi connectivity index (χ3v) is 8.59. The van der Waals surface area contributed by atoms with Gasteiger partial charge in [0.05, 0.1) is 19.8 Å². The summed E-state index contributed by atoms with van der Waals surface area (Å²) in [5, 5.41) is 19.6. The molecule has 1 aliphatic rings. The summed E-state index contributed by atoms with van der Waals surface area (Å²) in [5.41, 5.74) is 2.38. The number of fused-ring (bicyclic) bond motifs is 1. The molecular weight excluding hydrogens is 547 g/mol. The van der Waals surface area contributed by atoms with Crippen molar-refractivity contribution >= 4 is 23.5 Å². The minimum atomic E-state index is -5.49. The normalized spacial score (nSPS) is 17.9. The highest BCUT2D eigenvalue weighted by atomic mass is 32.2. The molecule has 1 aliphatic heterocycles. The summed E-state index contributed by atoms with van der Waals surface area (Å²) in [6.07, 6.45) is -5.16. The number of aromatic hydroxyl groups is 2. The molecule has 0 radical (unpaired) electrons. The SMILES string of the molecule is Oc1ccc(C2CSc3cc(O)ccc3C2CCCOCCOCCSCCCC(F)(F)C(F)(F)F)cc1. The number of hydrogen-bond acceptors (Lipinski definition) is 6. The Bertz CT molecular complexity index is 988. The van der Waals surface area contributed by atoms with Gasteiger partial charge in [0.15, 0.2) is 0 Å². The molecule has 2 aromatic rings. The molecule has 38 heavy (non-hydrogen) atoms. The van der Waals surface area contributed by atoms with E-state index in [0.29, 0.717) is 32.2 Å². The quantitative estimate of drug-likeness (QED) is 0.167. The van der Waals surface area contributed by atoms with Crippen LogP contribution in [0.15, 0.2) is 47.4 Å². The van der Waals surface area contributed by atoms with Crippen LogP contribution in [0.1, 0.15) is 48.6 Å². The van der Waals surface area contributed by atoms with E-state index in [1.165, 1.54) is 22.9 Å². The molecule has 0 saturated heterocycles. The van der Waals surface area contributed by atoms with Crippen LogP contribution in [0.4, 0.5) is 22.0 Å². The Balaban J connectivity index is 1.31. The van der Waals surface area contributed by atoms with Crippen molar-refractivity contribution in [3.05, 3.63) is 53.6 Å². The molecule has 2 atom stereocenters. The Hall–Kier alpha value is -1.69. The van der Waals surface area contributed by atoms with Gasteiger partial charge in [-0.25, -0.2) is 0 Å². The highest BCUT2D eigenvalue weighted by molar-refractivity contribution is 7.99. The van der Waals surface area contributed by atoms with Gasteiger partial charge < -0.3 is 19.7 Å². The van der Waals surface area contributed by atoms with E-state index in [0.717, 1.165) is 23.5 Å². The zero-order valence-corrected chi connectivity index (χ0v) is 22.5. The molecule has 0 amide bonds. The average Bonchev–Trinajstić information content (AvgIpc) is 2.86. The molecule has 11 heteroatoms. The van der Waals surface area contributed by atoms with Gasteiger partial charge in [0.1, 0.15) is 11.5 Å². The number of hydrogen-bond donors (Lipinski definition) is 2. The highest BCUT2D eigenvalue weighted by Gasteiger charge is 2.56. The van der Waals surface area contributed by atoms with Gasteiger partial charge in [-0.05, 0) is 66.3 Å². The molecule has 2 unspecified atom stereocenters. The molecule has 212 valence electrons. The first-order valence-corrected chi connectivity index (χ1v) is 14.6. The number of ether oxygens (including phenoxy) is 2. The second-order valence-electron chi connectivity index (χ2n) is 9.12. The number of halogens is 5. The fraction of sp³-hybridized carbons (Fsp3) is 0.556.